The number of rotatable bonds is 5. The molecule has 2 rings (SSSR count). The van der Waals surface area contributed by atoms with E-state index in [0.717, 1.165) is 12.8 Å². The van der Waals surface area contributed by atoms with Gasteiger partial charge in [-0.3, -0.25) is 4.79 Å². The van der Waals surface area contributed by atoms with Crippen LogP contribution in [0.25, 0.3) is 0 Å². The van der Waals surface area contributed by atoms with E-state index in [1.54, 1.807) is 25.2 Å². The standard InChI is InChI=1S/C14H18N2O3/c1-16(13(17)8-11(15)9-6-7-9)12-5-3-2-4-10(12)14(18)19/h2-5,9,11H,6-8,15H2,1H3,(H,18,19). The van der Waals surface area contributed by atoms with Crippen molar-refractivity contribution in [3.05, 3.63) is 29.8 Å². The van der Waals surface area contributed by atoms with Crippen molar-refractivity contribution < 1.29 is 14.7 Å². The van der Waals surface area contributed by atoms with Crippen LogP contribution in [0.1, 0.15) is 29.6 Å². The number of carbonyl (C=O) groups excluding carboxylic acids is 1. The lowest BCUT2D eigenvalue weighted by molar-refractivity contribution is -0.118. The molecule has 1 saturated carbocycles. The van der Waals surface area contributed by atoms with Gasteiger partial charge in [-0.15, -0.1) is 0 Å². The maximum absolute atomic E-state index is 12.1. The molecule has 1 unspecified atom stereocenters. The molecule has 1 fully saturated rings. The molecule has 5 heteroatoms. The zero-order chi connectivity index (χ0) is 14.0. The van der Waals surface area contributed by atoms with E-state index in [1.165, 1.54) is 11.0 Å². The summed E-state index contributed by atoms with van der Waals surface area (Å²) in [7, 11) is 1.59. The number of nitrogens with two attached hydrogens (primary N) is 1. The van der Waals surface area contributed by atoms with Crippen LogP contribution in [0.15, 0.2) is 24.3 Å². The number of nitrogens with zero attached hydrogens (tertiary/aromatic N) is 1. The lowest BCUT2D eigenvalue weighted by atomic mass is 10.1. The molecule has 0 saturated heterocycles. The summed E-state index contributed by atoms with van der Waals surface area (Å²) in [5.74, 6) is -0.734. The fourth-order valence-corrected chi connectivity index (χ4v) is 2.11. The maximum Gasteiger partial charge on any atom is 0.337 e. The monoisotopic (exact) mass is 262 g/mol. The quantitative estimate of drug-likeness (QED) is 0.841. The molecule has 1 aromatic rings. The van der Waals surface area contributed by atoms with E-state index < -0.39 is 5.97 Å². The molecule has 3 N–H and O–H groups in total. The van der Waals surface area contributed by atoms with Crippen LogP contribution in [0.4, 0.5) is 5.69 Å². The summed E-state index contributed by atoms with van der Waals surface area (Å²) >= 11 is 0. The van der Waals surface area contributed by atoms with E-state index in [1.807, 2.05) is 0 Å². The predicted octanol–water partition coefficient (Wildman–Crippen LogP) is 1.47. The third-order valence-electron chi connectivity index (χ3n) is 3.51. The Hall–Kier alpha value is -1.88. The first-order chi connectivity index (χ1) is 9.00. The second-order valence-corrected chi connectivity index (χ2v) is 4.98. The van der Waals surface area contributed by atoms with Gasteiger partial charge in [0.15, 0.2) is 0 Å². The minimum absolute atomic E-state index is 0.119. The summed E-state index contributed by atoms with van der Waals surface area (Å²) in [4.78, 5) is 24.6. The number of carboxylic acid groups (broad SMARTS) is 1. The number of para-hydroxylation sites is 1. The number of anilines is 1. The number of aromatic carboxylic acids is 1. The van der Waals surface area contributed by atoms with Gasteiger partial charge in [0.1, 0.15) is 0 Å². The molecule has 1 aliphatic carbocycles. The fraction of sp³-hybridized carbons (Fsp3) is 0.429. The smallest absolute Gasteiger partial charge is 0.337 e. The van der Waals surface area contributed by atoms with Crippen molar-refractivity contribution in [1.82, 2.24) is 0 Å². The third kappa shape index (κ3) is 3.12. The van der Waals surface area contributed by atoms with Gasteiger partial charge in [-0.1, -0.05) is 12.1 Å². The van der Waals surface area contributed by atoms with E-state index in [9.17, 15) is 9.59 Å². The van der Waals surface area contributed by atoms with E-state index in [4.69, 9.17) is 10.8 Å². The highest BCUT2D eigenvalue weighted by Gasteiger charge is 2.31. The van der Waals surface area contributed by atoms with Crippen LogP contribution in [0.3, 0.4) is 0 Å². The van der Waals surface area contributed by atoms with Crippen molar-refractivity contribution in [3.8, 4) is 0 Å². The zero-order valence-corrected chi connectivity index (χ0v) is 10.9. The number of hydrogen-bond acceptors (Lipinski definition) is 3. The van der Waals surface area contributed by atoms with E-state index in [0.29, 0.717) is 11.6 Å². The summed E-state index contributed by atoms with van der Waals surface area (Å²) in [6, 6.07) is 6.35. The maximum atomic E-state index is 12.1. The number of hydrogen-bond donors (Lipinski definition) is 2. The Morgan fingerprint density at radius 1 is 1.42 bits per heavy atom. The van der Waals surface area contributed by atoms with Crippen molar-refractivity contribution in [2.24, 2.45) is 11.7 Å². The van der Waals surface area contributed by atoms with Gasteiger partial charge in [0, 0.05) is 19.5 Å². The Morgan fingerprint density at radius 3 is 2.63 bits per heavy atom. The number of carboxylic acids is 1. The molecule has 1 aromatic carbocycles. The molecule has 0 spiro atoms. The summed E-state index contributed by atoms with van der Waals surface area (Å²) in [5.41, 5.74) is 6.46. The number of amides is 1. The van der Waals surface area contributed by atoms with Crippen molar-refractivity contribution in [1.29, 1.82) is 0 Å². The highest BCUT2D eigenvalue weighted by Crippen LogP contribution is 2.33. The minimum Gasteiger partial charge on any atom is -0.478 e. The van der Waals surface area contributed by atoms with E-state index in [-0.39, 0.29) is 23.9 Å². The molecular weight excluding hydrogens is 244 g/mol. The Bertz CT molecular complexity index is 497. The zero-order valence-electron chi connectivity index (χ0n) is 10.9. The normalized spacial score (nSPS) is 15.9. The lowest BCUT2D eigenvalue weighted by Gasteiger charge is -2.21. The van der Waals surface area contributed by atoms with Crippen LogP contribution in [0.5, 0.6) is 0 Å². The van der Waals surface area contributed by atoms with Gasteiger partial charge in [0.2, 0.25) is 5.91 Å². The highest BCUT2D eigenvalue weighted by molar-refractivity contribution is 6.01. The Balaban J connectivity index is 2.11. The first-order valence-electron chi connectivity index (χ1n) is 6.35. The summed E-state index contributed by atoms with van der Waals surface area (Å²) in [5, 5.41) is 9.11. The summed E-state index contributed by atoms with van der Waals surface area (Å²) < 4.78 is 0. The first kappa shape index (κ1) is 13.5. The van der Waals surface area contributed by atoms with Crippen molar-refractivity contribution in [2.45, 2.75) is 25.3 Å². The van der Waals surface area contributed by atoms with Gasteiger partial charge in [0.25, 0.3) is 0 Å². The molecule has 19 heavy (non-hydrogen) atoms. The Labute approximate surface area is 112 Å². The average Bonchev–Trinajstić information content (AvgIpc) is 3.21. The van der Waals surface area contributed by atoms with Gasteiger partial charge in [-0.05, 0) is 30.9 Å². The molecule has 0 heterocycles. The topological polar surface area (TPSA) is 83.6 Å². The van der Waals surface area contributed by atoms with Gasteiger partial charge in [0.05, 0.1) is 11.3 Å². The molecule has 1 amide bonds. The molecule has 1 aliphatic rings. The molecule has 102 valence electrons. The van der Waals surface area contributed by atoms with Crippen LogP contribution < -0.4 is 10.6 Å². The van der Waals surface area contributed by atoms with Gasteiger partial charge in [-0.2, -0.15) is 0 Å². The van der Waals surface area contributed by atoms with Crippen LogP contribution in [-0.2, 0) is 4.79 Å². The number of benzene rings is 1. The van der Waals surface area contributed by atoms with Crippen LogP contribution >= 0.6 is 0 Å². The minimum atomic E-state index is -1.04. The molecule has 1 atom stereocenters. The van der Waals surface area contributed by atoms with Crippen LogP contribution in [0, 0.1) is 5.92 Å². The highest BCUT2D eigenvalue weighted by atomic mass is 16.4. The molecule has 5 nitrogen and oxygen atoms in total. The van der Waals surface area contributed by atoms with Crippen molar-refractivity contribution in [3.63, 3.8) is 0 Å². The lowest BCUT2D eigenvalue weighted by Crippen LogP contribution is -2.35. The Morgan fingerprint density at radius 2 is 2.05 bits per heavy atom. The van der Waals surface area contributed by atoms with E-state index in [2.05, 4.69) is 0 Å². The van der Waals surface area contributed by atoms with Crippen molar-refractivity contribution in [2.75, 3.05) is 11.9 Å². The van der Waals surface area contributed by atoms with Gasteiger partial charge in [-0.25, -0.2) is 4.79 Å². The fourth-order valence-electron chi connectivity index (χ4n) is 2.11. The summed E-state index contributed by atoms with van der Waals surface area (Å²) in [6.45, 7) is 0. The number of carbonyl (C=O) groups is 2. The molecule has 0 aromatic heterocycles. The van der Waals surface area contributed by atoms with Crippen molar-refractivity contribution >= 4 is 17.6 Å². The van der Waals surface area contributed by atoms with E-state index >= 15 is 0 Å². The Kier molecular flexibility index (Phi) is 3.85. The average molecular weight is 262 g/mol. The summed E-state index contributed by atoms with van der Waals surface area (Å²) in [6.07, 6.45) is 2.43. The predicted molar refractivity (Wildman–Crippen MR) is 72.1 cm³/mol. The molecule has 0 bridgehead atoms. The molecule has 0 aliphatic heterocycles. The molecular formula is C14H18N2O3. The SMILES string of the molecule is CN(C(=O)CC(N)C1CC1)c1ccccc1C(=O)O. The van der Waals surface area contributed by atoms with Crippen LogP contribution in [-0.4, -0.2) is 30.1 Å². The molecule has 0 radical (unpaired) electrons. The van der Waals surface area contributed by atoms with Gasteiger partial charge >= 0.3 is 5.97 Å². The third-order valence-corrected chi connectivity index (χ3v) is 3.51. The van der Waals surface area contributed by atoms with Crippen LogP contribution in [0.2, 0.25) is 0 Å². The largest absolute Gasteiger partial charge is 0.478 e. The van der Waals surface area contributed by atoms with Gasteiger partial charge < -0.3 is 15.7 Å². The first-order valence-corrected chi connectivity index (χ1v) is 6.35. The second-order valence-electron chi connectivity index (χ2n) is 4.98. The second kappa shape index (κ2) is 5.40.